The number of carbonyl (C=O) groups is 1. The van der Waals surface area contributed by atoms with Crippen LogP contribution in [0.5, 0.6) is 0 Å². The fraction of sp³-hybridized carbons (Fsp3) is 0.636. The number of hydrogen-bond donors (Lipinski definition) is 2. The van der Waals surface area contributed by atoms with Crippen molar-refractivity contribution in [1.29, 1.82) is 0 Å². The smallest absolute Gasteiger partial charge is 0.243 e. The highest BCUT2D eigenvalue weighted by Gasteiger charge is 2.15. The van der Waals surface area contributed by atoms with Crippen LogP contribution in [0.15, 0.2) is 35.3 Å². The maximum Gasteiger partial charge on any atom is 0.243 e. The summed E-state index contributed by atoms with van der Waals surface area (Å²) in [5.41, 5.74) is 1.16. The van der Waals surface area contributed by atoms with Crippen LogP contribution in [-0.4, -0.2) is 83.0 Å². The Bertz CT molecular complexity index is 625. The Morgan fingerprint density at radius 3 is 2.65 bits per heavy atom. The van der Waals surface area contributed by atoms with Gasteiger partial charge in [-0.25, -0.2) is 4.99 Å². The first-order valence-corrected chi connectivity index (χ1v) is 10.7. The first kappa shape index (κ1) is 27.6. The molecule has 0 aromatic heterocycles. The number of rotatable bonds is 13. The lowest BCUT2D eigenvalue weighted by atomic mass is 10.2. The zero-order valence-corrected chi connectivity index (χ0v) is 21.0. The summed E-state index contributed by atoms with van der Waals surface area (Å²) >= 11 is 0. The van der Waals surface area contributed by atoms with Gasteiger partial charge in [0, 0.05) is 40.4 Å². The summed E-state index contributed by atoms with van der Waals surface area (Å²) in [5.74, 6) is 0.596. The molecule has 176 valence electrons. The van der Waals surface area contributed by atoms with Crippen LogP contribution < -0.4 is 10.6 Å². The van der Waals surface area contributed by atoms with Gasteiger partial charge in [0.15, 0.2) is 5.96 Å². The molecule has 0 saturated carbocycles. The van der Waals surface area contributed by atoms with E-state index in [4.69, 9.17) is 14.2 Å². The molecule has 1 aromatic carbocycles. The Kier molecular flexibility index (Phi) is 15.3. The van der Waals surface area contributed by atoms with Crippen molar-refractivity contribution in [2.75, 3.05) is 60.2 Å². The highest BCUT2D eigenvalue weighted by atomic mass is 127. The number of amides is 1. The maximum atomic E-state index is 11.8. The van der Waals surface area contributed by atoms with Crippen molar-refractivity contribution in [1.82, 2.24) is 15.5 Å². The summed E-state index contributed by atoms with van der Waals surface area (Å²) in [6.45, 7) is 4.72. The molecule has 8 nitrogen and oxygen atoms in total. The van der Waals surface area contributed by atoms with Crippen LogP contribution in [0.2, 0.25) is 0 Å². The molecule has 9 heteroatoms. The highest BCUT2D eigenvalue weighted by Crippen LogP contribution is 2.10. The Morgan fingerprint density at radius 1 is 1.16 bits per heavy atom. The molecular weight excluding hydrogens is 511 g/mol. The third kappa shape index (κ3) is 12.9. The summed E-state index contributed by atoms with van der Waals surface area (Å²) in [6.07, 6.45) is 3.19. The van der Waals surface area contributed by atoms with Gasteiger partial charge in [-0.15, -0.1) is 24.0 Å². The number of halogens is 1. The Labute approximate surface area is 203 Å². The minimum atomic E-state index is -0.0351. The van der Waals surface area contributed by atoms with Gasteiger partial charge in [0.25, 0.3) is 0 Å². The van der Waals surface area contributed by atoms with Crippen molar-refractivity contribution < 1.29 is 19.0 Å². The average Bonchev–Trinajstić information content (AvgIpc) is 3.28. The molecule has 1 aliphatic rings. The summed E-state index contributed by atoms with van der Waals surface area (Å²) in [5, 5.41) is 6.54. The van der Waals surface area contributed by atoms with E-state index < -0.39 is 0 Å². The molecule has 0 aliphatic carbocycles. The van der Waals surface area contributed by atoms with Crippen LogP contribution in [0.1, 0.15) is 24.8 Å². The van der Waals surface area contributed by atoms with Gasteiger partial charge in [-0.1, -0.05) is 30.3 Å². The molecular formula is C22H37IN4O4. The summed E-state index contributed by atoms with van der Waals surface area (Å²) in [7, 11) is 3.46. The van der Waals surface area contributed by atoms with E-state index in [2.05, 4.69) is 15.6 Å². The summed E-state index contributed by atoms with van der Waals surface area (Å²) in [4.78, 5) is 17.7. The second-order valence-corrected chi connectivity index (χ2v) is 7.40. The van der Waals surface area contributed by atoms with E-state index in [1.54, 1.807) is 14.1 Å². The molecule has 1 aromatic rings. The quantitative estimate of drug-likeness (QED) is 0.170. The second-order valence-electron chi connectivity index (χ2n) is 7.40. The largest absolute Gasteiger partial charge is 0.379 e. The van der Waals surface area contributed by atoms with Crippen molar-refractivity contribution in [3.05, 3.63) is 35.9 Å². The van der Waals surface area contributed by atoms with E-state index in [0.29, 0.717) is 45.5 Å². The fourth-order valence-corrected chi connectivity index (χ4v) is 2.84. The SMILES string of the molecule is CN(C)C(=O)CN=C(NCCCOCCOCc1ccccc1)NCC1CCCO1.I. The van der Waals surface area contributed by atoms with Gasteiger partial charge in [0.2, 0.25) is 5.91 Å². The summed E-state index contributed by atoms with van der Waals surface area (Å²) in [6, 6.07) is 10.1. The normalized spacial score (nSPS) is 15.9. The van der Waals surface area contributed by atoms with Crippen LogP contribution in [0.25, 0.3) is 0 Å². The molecule has 0 spiro atoms. The van der Waals surface area contributed by atoms with Crippen molar-refractivity contribution in [3.8, 4) is 0 Å². The van der Waals surface area contributed by atoms with Gasteiger partial charge < -0.3 is 29.7 Å². The lowest BCUT2D eigenvalue weighted by molar-refractivity contribution is -0.127. The molecule has 1 heterocycles. The van der Waals surface area contributed by atoms with Crippen molar-refractivity contribution >= 4 is 35.8 Å². The monoisotopic (exact) mass is 548 g/mol. The third-order valence-corrected chi connectivity index (χ3v) is 4.63. The van der Waals surface area contributed by atoms with E-state index in [0.717, 1.165) is 31.4 Å². The molecule has 2 N–H and O–H groups in total. The summed E-state index contributed by atoms with van der Waals surface area (Å²) < 4.78 is 16.9. The number of benzene rings is 1. The lowest BCUT2D eigenvalue weighted by Crippen LogP contribution is -2.42. The Balaban J connectivity index is 0.00000480. The standard InChI is InChI=1S/C22H36N4O4.HI/c1-26(2)21(27)17-25-22(24-16-20-10-6-13-30-20)23-11-7-12-28-14-15-29-18-19-8-4-3-5-9-19;/h3-5,8-9,20H,6-7,10-18H2,1-2H3,(H2,23,24,25);1H. The van der Waals surface area contributed by atoms with Crippen LogP contribution >= 0.6 is 24.0 Å². The maximum absolute atomic E-state index is 11.8. The number of guanidine groups is 1. The third-order valence-electron chi connectivity index (χ3n) is 4.63. The fourth-order valence-electron chi connectivity index (χ4n) is 2.84. The Morgan fingerprint density at radius 2 is 1.94 bits per heavy atom. The minimum absolute atomic E-state index is 0. The molecule has 2 rings (SSSR count). The highest BCUT2D eigenvalue weighted by molar-refractivity contribution is 14.0. The number of ether oxygens (including phenoxy) is 3. The molecule has 1 aliphatic heterocycles. The zero-order valence-electron chi connectivity index (χ0n) is 18.7. The van der Waals surface area contributed by atoms with Crippen LogP contribution in [0.4, 0.5) is 0 Å². The van der Waals surface area contributed by atoms with Gasteiger partial charge >= 0.3 is 0 Å². The number of likely N-dealkylation sites (N-methyl/N-ethyl adjacent to an activating group) is 1. The molecule has 31 heavy (non-hydrogen) atoms. The van der Waals surface area contributed by atoms with Gasteiger partial charge in [-0.2, -0.15) is 0 Å². The molecule has 0 bridgehead atoms. The zero-order chi connectivity index (χ0) is 21.4. The van der Waals surface area contributed by atoms with Crippen LogP contribution in [0.3, 0.4) is 0 Å². The van der Waals surface area contributed by atoms with E-state index in [1.165, 1.54) is 4.90 Å². The minimum Gasteiger partial charge on any atom is -0.379 e. The van der Waals surface area contributed by atoms with E-state index in [-0.39, 0.29) is 42.5 Å². The first-order chi connectivity index (χ1) is 14.6. The van der Waals surface area contributed by atoms with Gasteiger partial charge in [0.05, 0.1) is 25.9 Å². The van der Waals surface area contributed by atoms with E-state index in [9.17, 15) is 4.79 Å². The predicted octanol–water partition coefficient (Wildman–Crippen LogP) is 2.03. The number of nitrogens with one attached hydrogen (secondary N) is 2. The topological polar surface area (TPSA) is 84.4 Å². The molecule has 1 atom stereocenters. The number of nitrogens with zero attached hydrogens (tertiary/aromatic N) is 2. The second kappa shape index (κ2) is 17.2. The lowest BCUT2D eigenvalue weighted by Gasteiger charge is -2.16. The average molecular weight is 548 g/mol. The van der Waals surface area contributed by atoms with Gasteiger partial charge in [-0.3, -0.25) is 4.79 Å². The number of aliphatic imine (C=N–C) groups is 1. The van der Waals surface area contributed by atoms with Crippen molar-refractivity contribution in [2.45, 2.75) is 32.0 Å². The molecule has 1 unspecified atom stereocenters. The number of hydrogen-bond acceptors (Lipinski definition) is 5. The van der Waals surface area contributed by atoms with E-state index in [1.807, 2.05) is 30.3 Å². The molecule has 1 amide bonds. The first-order valence-electron chi connectivity index (χ1n) is 10.7. The van der Waals surface area contributed by atoms with Gasteiger partial charge in [-0.05, 0) is 24.8 Å². The van der Waals surface area contributed by atoms with Crippen molar-refractivity contribution in [3.63, 3.8) is 0 Å². The van der Waals surface area contributed by atoms with Crippen LogP contribution in [0, 0.1) is 0 Å². The molecule has 1 saturated heterocycles. The molecule has 0 radical (unpaired) electrons. The predicted molar refractivity (Wildman–Crippen MR) is 133 cm³/mol. The molecule has 1 fully saturated rings. The van der Waals surface area contributed by atoms with Crippen molar-refractivity contribution in [2.24, 2.45) is 4.99 Å². The van der Waals surface area contributed by atoms with E-state index >= 15 is 0 Å². The van der Waals surface area contributed by atoms with Crippen LogP contribution in [-0.2, 0) is 25.6 Å². The number of carbonyl (C=O) groups excluding carboxylic acids is 1. The Hall–Kier alpha value is -1.43. The van der Waals surface area contributed by atoms with Gasteiger partial charge in [0.1, 0.15) is 6.54 Å².